The van der Waals surface area contributed by atoms with Gasteiger partial charge < -0.3 is 10.1 Å². The first-order valence-electron chi connectivity index (χ1n) is 5.78. The number of para-hydroxylation sites is 2. The maximum atomic E-state index is 12.3. The second-order valence-electron chi connectivity index (χ2n) is 3.98. The summed E-state index contributed by atoms with van der Waals surface area (Å²) in [6.07, 6.45) is 0. The Morgan fingerprint density at radius 1 is 1.05 bits per heavy atom. The van der Waals surface area contributed by atoms with E-state index in [1.165, 1.54) is 6.07 Å². The topological polar surface area (TPSA) is 21.3 Å². The van der Waals surface area contributed by atoms with Crippen molar-refractivity contribution >= 4 is 37.5 Å². The predicted molar refractivity (Wildman–Crippen MR) is 82.2 cm³/mol. The Balaban J connectivity index is 2.08. The van der Waals surface area contributed by atoms with E-state index in [4.69, 9.17) is 0 Å². The number of benzene rings is 2. The molecule has 0 atom stereocenters. The third-order valence-electron chi connectivity index (χ3n) is 2.57. The summed E-state index contributed by atoms with van der Waals surface area (Å²) in [5.74, 6) is 0.138. The maximum absolute atomic E-state index is 12.3. The van der Waals surface area contributed by atoms with Gasteiger partial charge in [-0.1, -0.05) is 18.2 Å². The molecule has 2 aromatic carbocycles. The molecule has 2 nitrogen and oxygen atoms in total. The highest BCUT2D eigenvalue weighted by atomic mass is 79.9. The van der Waals surface area contributed by atoms with Gasteiger partial charge in [0, 0.05) is 15.5 Å². The molecule has 106 valence electrons. The van der Waals surface area contributed by atoms with Gasteiger partial charge in [0.15, 0.2) is 0 Å². The minimum atomic E-state index is -2.83. The van der Waals surface area contributed by atoms with Crippen LogP contribution in [0.2, 0.25) is 0 Å². The van der Waals surface area contributed by atoms with Crippen molar-refractivity contribution < 1.29 is 13.5 Å². The van der Waals surface area contributed by atoms with Crippen molar-refractivity contribution in [2.24, 2.45) is 0 Å². The van der Waals surface area contributed by atoms with Crippen LogP contribution in [0.1, 0.15) is 5.56 Å². The summed E-state index contributed by atoms with van der Waals surface area (Å²) in [5.41, 5.74) is 1.55. The Morgan fingerprint density at radius 3 is 2.50 bits per heavy atom. The highest BCUT2D eigenvalue weighted by molar-refractivity contribution is 9.13. The average Bonchev–Trinajstić information content (AvgIpc) is 2.41. The van der Waals surface area contributed by atoms with Crippen LogP contribution in [0, 0.1) is 0 Å². The number of hydrogen-bond acceptors (Lipinski definition) is 2. The normalized spacial score (nSPS) is 10.7. The monoisotopic (exact) mass is 405 g/mol. The smallest absolute Gasteiger partial charge is 0.387 e. The van der Waals surface area contributed by atoms with Gasteiger partial charge >= 0.3 is 6.61 Å². The molecule has 20 heavy (non-hydrogen) atoms. The zero-order chi connectivity index (χ0) is 14.5. The molecule has 0 amide bonds. The number of hydrogen-bond donors (Lipinski definition) is 1. The molecule has 6 heteroatoms. The molecule has 0 saturated carbocycles. The summed E-state index contributed by atoms with van der Waals surface area (Å²) in [7, 11) is 0. The predicted octanol–water partition coefficient (Wildman–Crippen LogP) is 5.43. The molecule has 0 aromatic heterocycles. The van der Waals surface area contributed by atoms with Gasteiger partial charge in [0.05, 0.1) is 5.69 Å². The van der Waals surface area contributed by atoms with Crippen LogP contribution in [0.15, 0.2) is 51.4 Å². The van der Waals surface area contributed by atoms with Crippen LogP contribution in [0.5, 0.6) is 5.75 Å². The van der Waals surface area contributed by atoms with Gasteiger partial charge in [0.2, 0.25) is 0 Å². The van der Waals surface area contributed by atoms with Crippen LogP contribution < -0.4 is 10.1 Å². The van der Waals surface area contributed by atoms with Crippen LogP contribution in [0.3, 0.4) is 0 Å². The molecule has 2 rings (SSSR count). The average molecular weight is 407 g/mol. The lowest BCUT2D eigenvalue weighted by atomic mass is 10.2. The van der Waals surface area contributed by atoms with Crippen LogP contribution >= 0.6 is 31.9 Å². The SMILES string of the molecule is FC(F)Oc1ccccc1NCc1ccc(Br)c(Br)c1. The molecule has 0 unspecified atom stereocenters. The van der Waals surface area contributed by atoms with Gasteiger partial charge in [-0.2, -0.15) is 8.78 Å². The summed E-state index contributed by atoms with van der Waals surface area (Å²) < 4.78 is 31.0. The molecular formula is C14H11Br2F2NO. The first kappa shape index (κ1) is 15.3. The summed E-state index contributed by atoms with van der Waals surface area (Å²) in [5, 5.41) is 3.09. The lowest BCUT2D eigenvalue weighted by Gasteiger charge is -2.12. The third kappa shape index (κ3) is 4.18. The lowest BCUT2D eigenvalue weighted by molar-refractivity contribution is -0.0493. The highest BCUT2D eigenvalue weighted by Gasteiger charge is 2.08. The second kappa shape index (κ2) is 7.04. The fourth-order valence-electron chi connectivity index (χ4n) is 1.66. The highest BCUT2D eigenvalue weighted by Crippen LogP contribution is 2.27. The van der Waals surface area contributed by atoms with Crippen LogP contribution in [0.25, 0.3) is 0 Å². The van der Waals surface area contributed by atoms with Gasteiger partial charge in [-0.25, -0.2) is 0 Å². The number of anilines is 1. The first-order chi connectivity index (χ1) is 9.56. The van der Waals surface area contributed by atoms with Crippen molar-refractivity contribution in [3.63, 3.8) is 0 Å². The summed E-state index contributed by atoms with van der Waals surface area (Å²) in [6.45, 7) is -2.32. The summed E-state index contributed by atoms with van der Waals surface area (Å²) in [6, 6.07) is 12.4. The van der Waals surface area contributed by atoms with Crippen LogP contribution in [0.4, 0.5) is 14.5 Å². The first-order valence-corrected chi connectivity index (χ1v) is 7.36. The Bertz CT molecular complexity index is 593. The standard InChI is InChI=1S/C14H11Br2F2NO/c15-10-6-5-9(7-11(10)16)8-19-12-3-1-2-4-13(12)20-14(17)18/h1-7,14,19H,8H2. The Kier molecular flexibility index (Phi) is 5.37. The van der Waals surface area contributed by atoms with E-state index in [0.717, 1.165) is 14.5 Å². The molecule has 0 radical (unpaired) electrons. The number of nitrogens with one attached hydrogen (secondary N) is 1. The Hall–Kier alpha value is -1.14. The van der Waals surface area contributed by atoms with Crippen molar-refractivity contribution in [2.75, 3.05) is 5.32 Å². The number of rotatable bonds is 5. The van der Waals surface area contributed by atoms with Crippen molar-refractivity contribution in [1.82, 2.24) is 0 Å². The van der Waals surface area contributed by atoms with Gasteiger partial charge in [0.1, 0.15) is 5.75 Å². The minimum Gasteiger partial charge on any atom is -0.433 e. The molecule has 0 bridgehead atoms. The maximum Gasteiger partial charge on any atom is 0.387 e. The van der Waals surface area contributed by atoms with E-state index in [9.17, 15) is 8.78 Å². The Morgan fingerprint density at radius 2 is 1.80 bits per heavy atom. The zero-order valence-electron chi connectivity index (χ0n) is 10.2. The molecule has 0 saturated heterocycles. The van der Waals surface area contributed by atoms with E-state index in [1.807, 2.05) is 18.2 Å². The zero-order valence-corrected chi connectivity index (χ0v) is 13.4. The molecule has 0 fully saturated rings. The van der Waals surface area contributed by atoms with E-state index >= 15 is 0 Å². The Labute approximate surface area is 132 Å². The van der Waals surface area contributed by atoms with E-state index in [-0.39, 0.29) is 5.75 Å². The quantitative estimate of drug-likeness (QED) is 0.715. The fourth-order valence-corrected chi connectivity index (χ4v) is 2.33. The molecule has 2 aromatic rings. The molecule has 0 aliphatic carbocycles. The van der Waals surface area contributed by atoms with Crippen LogP contribution in [-0.2, 0) is 6.54 Å². The number of alkyl halides is 2. The second-order valence-corrected chi connectivity index (χ2v) is 5.69. The van der Waals surface area contributed by atoms with Crippen LogP contribution in [-0.4, -0.2) is 6.61 Å². The van der Waals surface area contributed by atoms with E-state index in [0.29, 0.717) is 12.2 Å². The van der Waals surface area contributed by atoms with Gasteiger partial charge in [-0.05, 0) is 61.7 Å². The molecular weight excluding hydrogens is 396 g/mol. The van der Waals surface area contributed by atoms with Crippen molar-refractivity contribution in [3.05, 3.63) is 57.0 Å². The lowest BCUT2D eigenvalue weighted by Crippen LogP contribution is -2.06. The molecule has 1 N–H and O–H groups in total. The van der Waals surface area contributed by atoms with Gasteiger partial charge in [-0.15, -0.1) is 0 Å². The van der Waals surface area contributed by atoms with Crippen molar-refractivity contribution in [2.45, 2.75) is 13.2 Å². The molecule has 0 aliphatic heterocycles. The fraction of sp³-hybridized carbons (Fsp3) is 0.143. The number of halogens is 4. The van der Waals surface area contributed by atoms with Crippen molar-refractivity contribution in [3.8, 4) is 5.75 Å². The van der Waals surface area contributed by atoms with Gasteiger partial charge in [0.25, 0.3) is 0 Å². The van der Waals surface area contributed by atoms with E-state index < -0.39 is 6.61 Å². The van der Waals surface area contributed by atoms with E-state index in [2.05, 4.69) is 41.9 Å². The molecule has 0 heterocycles. The van der Waals surface area contributed by atoms with Gasteiger partial charge in [-0.3, -0.25) is 0 Å². The van der Waals surface area contributed by atoms with Crippen molar-refractivity contribution in [1.29, 1.82) is 0 Å². The minimum absolute atomic E-state index is 0.138. The molecule has 0 spiro atoms. The van der Waals surface area contributed by atoms with E-state index in [1.54, 1.807) is 18.2 Å². The molecule has 0 aliphatic rings. The largest absolute Gasteiger partial charge is 0.433 e. The number of ether oxygens (including phenoxy) is 1. The summed E-state index contributed by atoms with van der Waals surface area (Å²) >= 11 is 6.81. The third-order valence-corrected chi connectivity index (χ3v) is 4.45. The summed E-state index contributed by atoms with van der Waals surface area (Å²) in [4.78, 5) is 0.